The molecule has 0 aliphatic rings. The predicted octanol–water partition coefficient (Wildman–Crippen LogP) is 4.18. The number of halogens is 2. The highest BCUT2D eigenvalue weighted by Gasteiger charge is 2.08. The van der Waals surface area contributed by atoms with Crippen molar-refractivity contribution in [2.45, 2.75) is 6.92 Å². The van der Waals surface area contributed by atoms with E-state index in [-0.39, 0.29) is 0 Å². The van der Waals surface area contributed by atoms with Crippen molar-refractivity contribution < 1.29 is 18.7 Å². The summed E-state index contributed by atoms with van der Waals surface area (Å²) < 4.78 is 26.0. The molecule has 1 N–H and O–H groups in total. The van der Waals surface area contributed by atoms with Crippen LogP contribution < -0.4 is 0 Å². The van der Waals surface area contributed by atoms with Gasteiger partial charge in [-0.1, -0.05) is 6.07 Å². The molecule has 2 aromatic rings. The molecule has 0 radical (unpaired) electrons. The van der Waals surface area contributed by atoms with Crippen LogP contribution in [0.15, 0.2) is 36.4 Å². The highest BCUT2D eigenvalue weighted by molar-refractivity contribution is 7.16. The van der Waals surface area contributed by atoms with Crippen LogP contribution in [0.25, 0.3) is 16.0 Å². The number of carbonyl (C=O) groups is 1. The Balaban J connectivity index is 2.35. The smallest absolute Gasteiger partial charge is 0.328 e. The Labute approximate surface area is 112 Å². The third kappa shape index (κ3) is 3.06. The Hall–Kier alpha value is -2.01. The van der Waals surface area contributed by atoms with Crippen LogP contribution in [-0.2, 0) is 4.79 Å². The van der Waals surface area contributed by atoms with Crippen LogP contribution in [0.5, 0.6) is 0 Å². The molecule has 0 fully saturated rings. The van der Waals surface area contributed by atoms with Crippen molar-refractivity contribution in [1.29, 1.82) is 0 Å². The van der Waals surface area contributed by atoms with Gasteiger partial charge in [0, 0.05) is 15.8 Å². The zero-order valence-corrected chi connectivity index (χ0v) is 10.8. The number of benzene rings is 1. The molecule has 0 bridgehead atoms. The minimum Gasteiger partial charge on any atom is -0.478 e. The summed E-state index contributed by atoms with van der Waals surface area (Å²) in [6.07, 6.45) is 1.11. The predicted molar refractivity (Wildman–Crippen MR) is 71.0 cm³/mol. The van der Waals surface area contributed by atoms with E-state index in [1.807, 2.05) is 0 Å². The average molecular weight is 280 g/mol. The van der Waals surface area contributed by atoms with Gasteiger partial charge in [0.05, 0.1) is 0 Å². The normalized spacial score (nSPS) is 11.6. The summed E-state index contributed by atoms with van der Waals surface area (Å²) in [6, 6.07) is 7.21. The summed E-state index contributed by atoms with van der Waals surface area (Å²) in [5, 5.41) is 8.67. The van der Waals surface area contributed by atoms with Crippen LogP contribution in [0.2, 0.25) is 0 Å². The fraction of sp³-hybridized carbons (Fsp3) is 0.0714. The summed E-state index contributed by atoms with van der Waals surface area (Å²) in [5.41, 5.74) is 1.18. The molecule has 0 unspecified atom stereocenters. The molecule has 19 heavy (non-hydrogen) atoms. The Morgan fingerprint density at radius 3 is 2.58 bits per heavy atom. The van der Waals surface area contributed by atoms with Crippen LogP contribution in [0.3, 0.4) is 0 Å². The third-order valence-corrected chi connectivity index (χ3v) is 3.81. The van der Waals surface area contributed by atoms with Crippen molar-refractivity contribution in [2.24, 2.45) is 0 Å². The van der Waals surface area contributed by atoms with E-state index in [1.54, 1.807) is 19.1 Å². The fourth-order valence-electron chi connectivity index (χ4n) is 1.61. The molecule has 0 aliphatic heterocycles. The van der Waals surface area contributed by atoms with Gasteiger partial charge in [0.2, 0.25) is 0 Å². The number of hydrogen-bond donors (Lipinski definition) is 1. The maximum atomic E-state index is 13.1. The lowest BCUT2D eigenvalue weighted by Crippen LogP contribution is -1.88. The SMILES string of the molecule is C/C(=C\C(=O)O)c1ccc(-c2ccc(F)c(F)c2)s1. The van der Waals surface area contributed by atoms with Gasteiger partial charge in [0.15, 0.2) is 11.6 Å². The molecule has 2 nitrogen and oxygen atoms in total. The molecule has 1 heterocycles. The topological polar surface area (TPSA) is 37.3 Å². The van der Waals surface area contributed by atoms with Gasteiger partial charge in [-0.15, -0.1) is 11.3 Å². The molecule has 2 rings (SSSR count). The maximum absolute atomic E-state index is 13.1. The highest BCUT2D eigenvalue weighted by Crippen LogP contribution is 2.32. The second-order valence-corrected chi connectivity index (χ2v) is 5.04. The molecule has 0 amide bonds. The Morgan fingerprint density at radius 2 is 1.95 bits per heavy atom. The van der Waals surface area contributed by atoms with Crippen molar-refractivity contribution in [2.75, 3.05) is 0 Å². The van der Waals surface area contributed by atoms with Gasteiger partial charge >= 0.3 is 5.97 Å². The molecule has 0 saturated heterocycles. The van der Waals surface area contributed by atoms with Crippen molar-refractivity contribution in [3.05, 3.63) is 52.9 Å². The van der Waals surface area contributed by atoms with Crippen molar-refractivity contribution in [1.82, 2.24) is 0 Å². The molecule has 0 spiro atoms. The van der Waals surface area contributed by atoms with Crippen molar-refractivity contribution >= 4 is 22.9 Å². The van der Waals surface area contributed by atoms with Gasteiger partial charge in [-0.25, -0.2) is 13.6 Å². The number of rotatable bonds is 3. The van der Waals surface area contributed by atoms with Gasteiger partial charge in [-0.05, 0) is 42.3 Å². The first-order chi connectivity index (χ1) is 8.97. The zero-order chi connectivity index (χ0) is 14.0. The van der Waals surface area contributed by atoms with Crippen LogP contribution in [-0.4, -0.2) is 11.1 Å². The van der Waals surface area contributed by atoms with E-state index < -0.39 is 17.6 Å². The number of aliphatic carboxylic acids is 1. The monoisotopic (exact) mass is 280 g/mol. The van der Waals surface area contributed by atoms with Gasteiger partial charge in [0.25, 0.3) is 0 Å². The van der Waals surface area contributed by atoms with E-state index in [1.165, 1.54) is 17.4 Å². The Morgan fingerprint density at radius 1 is 1.21 bits per heavy atom. The second kappa shape index (κ2) is 5.32. The van der Waals surface area contributed by atoms with E-state index in [0.29, 0.717) is 11.1 Å². The first-order valence-corrected chi connectivity index (χ1v) is 6.26. The lowest BCUT2D eigenvalue weighted by molar-refractivity contribution is -0.131. The summed E-state index contributed by atoms with van der Waals surface area (Å²) >= 11 is 1.33. The lowest BCUT2D eigenvalue weighted by atomic mass is 10.2. The quantitative estimate of drug-likeness (QED) is 0.856. The standard InChI is InChI=1S/C14H10F2O2S/c1-8(6-14(17)18)12-4-5-13(19-12)9-2-3-10(15)11(16)7-9/h2-7H,1H3,(H,17,18)/b8-6+. The molecule has 0 saturated carbocycles. The van der Waals surface area contributed by atoms with Gasteiger partial charge in [-0.3, -0.25) is 0 Å². The maximum Gasteiger partial charge on any atom is 0.328 e. The summed E-state index contributed by atoms with van der Waals surface area (Å²) in [7, 11) is 0. The van der Waals surface area contributed by atoms with Crippen LogP contribution >= 0.6 is 11.3 Å². The number of carboxylic acid groups (broad SMARTS) is 1. The van der Waals surface area contributed by atoms with E-state index in [0.717, 1.165) is 28.0 Å². The number of carboxylic acids is 1. The van der Waals surface area contributed by atoms with Crippen LogP contribution in [0.1, 0.15) is 11.8 Å². The van der Waals surface area contributed by atoms with E-state index in [9.17, 15) is 13.6 Å². The van der Waals surface area contributed by atoms with Crippen LogP contribution in [0.4, 0.5) is 8.78 Å². The molecule has 5 heteroatoms. The number of thiophene rings is 1. The molecule has 1 aromatic heterocycles. The van der Waals surface area contributed by atoms with E-state index in [4.69, 9.17) is 5.11 Å². The lowest BCUT2D eigenvalue weighted by Gasteiger charge is -1.98. The Kier molecular flexibility index (Phi) is 3.76. The first-order valence-electron chi connectivity index (χ1n) is 5.44. The summed E-state index contributed by atoms with van der Waals surface area (Å²) in [5.74, 6) is -2.80. The minimum absolute atomic E-state index is 0.568. The zero-order valence-electron chi connectivity index (χ0n) is 9.98. The van der Waals surface area contributed by atoms with Crippen molar-refractivity contribution in [3.8, 4) is 10.4 Å². The first kappa shape index (κ1) is 13.4. The third-order valence-electron chi connectivity index (χ3n) is 2.54. The molecule has 0 aliphatic carbocycles. The number of allylic oxidation sites excluding steroid dienone is 1. The summed E-state index contributed by atoms with van der Waals surface area (Å²) in [6.45, 7) is 1.69. The minimum atomic E-state index is -1.01. The second-order valence-electron chi connectivity index (χ2n) is 3.96. The summed E-state index contributed by atoms with van der Waals surface area (Å²) in [4.78, 5) is 12.1. The van der Waals surface area contributed by atoms with Gasteiger partial charge in [0.1, 0.15) is 0 Å². The number of hydrogen-bond acceptors (Lipinski definition) is 2. The molecule has 98 valence electrons. The molecular formula is C14H10F2O2S. The Bertz CT molecular complexity index is 659. The molecular weight excluding hydrogens is 270 g/mol. The van der Waals surface area contributed by atoms with Gasteiger partial charge in [-0.2, -0.15) is 0 Å². The van der Waals surface area contributed by atoms with E-state index >= 15 is 0 Å². The van der Waals surface area contributed by atoms with Crippen molar-refractivity contribution in [3.63, 3.8) is 0 Å². The molecule has 0 atom stereocenters. The van der Waals surface area contributed by atoms with E-state index in [2.05, 4.69) is 0 Å². The average Bonchev–Trinajstić information content (AvgIpc) is 2.81. The molecule has 1 aromatic carbocycles. The van der Waals surface area contributed by atoms with Gasteiger partial charge < -0.3 is 5.11 Å². The largest absolute Gasteiger partial charge is 0.478 e. The highest BCUT2D eigenvalue weighted by atomic mass is 32.1. The van der Waals surface area contributed by atoms with Crippen LogP contribution in [0, 0.1) is 11.6 Å². The fourth-order valence-corrected chi connectivity index (χ4v) is 2.58.